The van der Waals surface area contributed by atoms with Crippen molar-refractivity contribution in [3.63, 3.8) is 0 Å². The van der Waals surface area contributed by atoms with Crippen LogP contribution in [-0.2, 0) is 10.0 Å². The second-order valence-corrected chi connectivity index (χ2v) is 7.74. The average Bonchev–Trinajstić information content (AvgIpc) is 2.99. The Balaban J connectivity index is 2.09. The van der Waals surface area contributed by atoms with Gasteiger partial charge in [-0.2, -0.15) is 0 Å². The molecule has 1 saturated heterocycles. The molecule has 0 spiro atoms. The Morgan fingerprint density at radius 2 is 2.14 bits per heavy atom. The number of nitrogen functional groups attached to an aromatic ring is 1. The van der Waals surface area contributed by atoms with Gasteiger partial charge in [-0.05, 0) is 54.9 Å². The van der Waals surface area contributed by atoms with Crippen molar-refractivity contribution in [3.8, 4) is 0 Å². The number of rotatable bonds is 6. The average molecular weight is 378 g/mol. The van der Waals surface area contributed by atoms with Crippen molar-refractivity contribution in [1.29, 1.82) is 0 Å². The standard InChI is InChI=1S/C12H20BrN5O2S/c1-9(18-4-2-3-5-18)7-16-21(19,20)11-6-10(13)8-15-12(11)17-14/h6,8-9,16H,2-5,7,14H2,1H3,(H,15,17). The summed E-state index contributed by atoms with van der Waals surface area (Å²) in [6, 6.07) is 1.64. The molecule has 1 fully saturated rings. The first kappa shape index (κ1) is 16.6. The largest absolute Gasteiger partial charge is 0.307 e. The van der Waals surface area contributed by atoms with Crippen LogP contribution in [0.15, 0.2) is 21.6 Å². The van der Waals surface area contributed by atoms with Gasteiger partial charge in [0.25, 0.3) is 0 Å². The van der Waals surface area contributed by atoms with Gasteiger partial charge in [0.1, 0.15) is 4.90 Å². The number of pyridine rings is 1. The quantitative estimate of drug-likeness (QED) is 0.502. The van der Waals surface area contributed by atoms with Gasteiger partial charge in [0.15, 0.2) is 5.82 Å². The third-order valence-electron chi connectivity index (χ3n) is 3.58. The summed E-state index contributed by atoms with van der Waals surface area (Å²) < 4.78 is 28.0. The van der Waals surface area contributed by atoms with Crippen LogP contribution in [0.5, 0.6) is 0 Å². The van der Waals surface area contributed by atoms with Crippen LogP contribution in [0, 0.1) is 0 Å². The summed E-state index contributed by atoms with van der Waals surface area (Å²) >= 11 is 3.22. The summed E-state index contributed by atoms with van der Waals surface area (Å²) in [5.74, 6) is 5.45. The van der Waals surface area contributed by atoms with Gasteiger partial charge in [0, 0.05) is 23.3 Å². The van der Waals surface area contributed by atoms with Gasteiger partial charge in [-0.15, -0.1) is 0 Å². The van der Waals surface area contributed by atoms with Gasteiger partial charge in [0.2, 0.25) is 10.0 Å². The number of hydrazine groups is 1. The Morgan fingerprint density at radius 3 is 2.76 bits per heavy atom. The molecule has 9 heteroatoms. The lowest BCUT2D eigenvalue weighted by Gasteiger charge is -2.24. The molecule has 2 heterocycles. The molecule has 1 aliphatic heterocycles. The first-order valence-electron chi connectivity index (χ1n) is 6.80. The lowest BCUT2D eigenvalue weighted by molar-refractivity contribution is 0.260. The number of aromatic nitrogens is 1. The summed E-state index contributed by atoms with van der Waals surface area (Å²) in [6.45, 7) is 4.43. The zero-order chi connectivity index (χ0) is 15.5. The highest BCUT2D eigenvalue weighted by atomic mass is 79.9. The Hall–Kier alpha value is -0.740. The molecule has 2 rings (SSSR count). The highest BCUT2D eigenvalue weighted by Gasteiger charge is 2.23. The molecular formula is C12H20BrN5O2S. The van der Waals surface area contributed by atoms with Gasteiger partial charge in [-0.3, -0.25) is 4.90 Å². The fourth-order valence-electron chi connectivity index (χ4n) is 2.35. The van der Waals surface area contributed by atoms with Crippen LogP contribution >= 0.6 is 15.9 Å². The molecule has 0 bridgehead atoms. The minimum atomic E-state index is -3.66. The number of nitrogens with one attached hydrogen (secondary N) is 2. The number of halogens is 1. The third-order valence-corrected chi connectivity index (χ3v) is 5.45. The van der Waals surface area contributed by atoms with E-state index in [0.29, 0.717) is 11.0 Å². The maximum Gasteiger partial charge on any atom is 0.244 e. The number of sulfonamides is 1. The molecule has 21 heavy (non-hydrogen) atoms. The fourth-order valence-corrected chi connectivity index (χ4v) is 4.10. The van der Waals surface area contributed by atoms with Gasteiger partial charge in [0.05, 0.1) is 0 Å². The molecule has 0 amide bonds. The van der Waals surface area contributed by atoms with Crippen molar-refractivity contribution >= 4 is 31.8 Å². The SMILES string of the molecule is CC(CNS(=O)(=O)c1cc(Br)cnc1NN)N1CCCC1. The van der Waals surface area contributed by atoms with E-state index in [1.165, 1.54) is 25.1 Å². The number of nitrogens with zero attached hydrogens (tertiary/aromatic N) is 2. The van der Waals surface area contributed by atoms with Crippen molar-refractivity contribution < 1.29 is 8.42 Å². The number of hydrogen-bond donors (Lipinski definition) is 3. The summed E-state index contributed by atoms with van der Waals surface area (Å²) in [5, 5.41) is 0. The van der Waals surface area contributed by atoms with Gasteiger partial charge in [-0.25, -0.2) is 24.0 Å². The molecule has 7 nitrogen and oxygen atoms in total. The molecule has 0 saturated carbocycles. The molecule has 0 aromatic carbocycles. The Morgan fingerprint density at radius 1 is 1.48 bits per heavy atom. The Kier molecular flexibility index (Phi) is 5.55. The van der Waals surface area contributed by atoms with E-state index >= 15 is 0 Å². The maximum atomic E-state index is 12.4. The van der Waals surface area contributed by atoms with E-state index in [4.69, 9.17) is 5.84 Å². The molecule has 0 radical (unpaired) electrons. The van der Waals surface area contributed by atoms with Gasteiger partial charge >= 0.3 is 0 Å². The predicted octanol–water partition coefficient (Wildman–Crippen LogP) is 0.892. The molecule has 0 aliphatic carbocycles. The Labute approximate surface area is 133 Å². The number of hydrogen-bond acceptors (Lipinski definition) is 6. The maximum absolute atomic E-state index is 12.4. The van der Waals surface area contributed by atoms with E-state index < -0.39 is 10.0 Å². The van der Waals surface area contributed by atoms with Gasteiger partial charge < -0.3 is 5.43 Å². The molecular weight excluding hydrogens is 358 g/mol. The van der Waals surface area contributed by atoms with Crippen molar-refractivity contribution in [1.82, 2.24) is 14.6 Å². The van der Waals surface area contributed by atoms with Crippen molar-refractivity contribution in [2.75, 3.05) is 25.1 Å². The normalized spacial score (nSPS) is 17.9. The van der Waals surface area contributed by atoms with Crippen LogP contribution in [0.3, 0.4) is 0 Å². The highest BCUT2D eigenvalue weighted by molar-refractivity contribution is 9.10. The number of likely N-dealkylation sites (tertiary alicyclic amines) is 1. The topological polar surface area (TPSA) is 100 Å². The lowest BCUT2D eigenvalue weighted by atomic mass is 10.3. The summed E-state index contributed by atoms with van der Waals surface area (Å²) in [7, 11) is -3.66. The first-order chi connectivity index (χ1) is 9.94. The van der Waals surface area contributed by atoms with Crippen LogP contribution in [0.1, 0.15) is 19.8 Å². The molecule has 4 N–H and O–H groups in total. The van der Waals surface area contributed by atoms with E-state index in [-0.39, 0.29) is 16.8 Å². The minimum Gasteiger partial charge on any atom is -0.307 e. The second-order valence-electron chi connectivity index (χ2n) is 5.09. The number of anilines is 1. The summed E-state index contributed by atoms with van der Waals surface area (Å²) in [5.41, 5.74) is 2.31. The third kappa shape index (κ3) is 4.13. The van der Waals surface area contributed by atoms with Crippen molar-refractivity contribution in [3.05, 3.63) is 16.7 Å². The van der Waals surface area contributed by atoms with Crippen LogP contribution in [0.2, 0.25) is 0 Å². The van der Waals surface area contributed by atoms with Crippen LogP contribution < -0.4 is 16.0 Å². The highest BCUT2D eigenvalue weighted by Crippen LogP contribution is 2.22. The van der Waals surface area contributed by atoms with E-state index in [2.05, 4.69) is 36.0 Å². The van der Waals surface area contributed by atoms with E-state index in [1.807, 2.05) is 6.92 Å². The van der Waals surface area contributed by atoms with Crippen molar-refractivity contribution in [2.45, 2.75) is 30.7 Å². The Bertz CT molecular complexity index is 589. The zero-order valence-electron chi connectivity index (χ0n) is 11.8. The smallest absolute Gasteiger partial charge is 0.244 e. The van der Waals surface area contributed by atoms with E-state index in [1.54, 1.807) is 0 Å². The molecule has 1 unspecified atom stereocenters. The van der Waals surface area contributed by atoms with Gasteiger partial charge in [-0.1, -0.05) is 0 Å². The van der Waals surface area contributed by atoms with Crippen molar-refractivity contribution in [2.24, 2.45) is 5.84 Å². The predicted molar refractivity (Wildman–Crippen MR) is 85.2 cm³/mol. The van der Waals surface area contributed by atoms with Crippen LogP contribution in [0.4, 0.5) is 5.82 Å². The second kappa shape index (κ2) is 7.01. The monoisotopic (exact) mass is 377 g/mol. The fraction of sp³-hybridized carbons (Fsp3) is 0.583. The van der Waals surface area contributed by atoms with E-state index in [0.717, 1.165) is 13.1 Å². The molecule has 1 atom stereocenters. The molecule has 1 aromatic rings. The molecule has 1 aromatic heterocycles. The first-order valence-corrected chi connectivity index (χ1v) is 9.07. The molecule has 1 aliphatic rings. The lowest BCUT2D eigenvalue weighted by Crippen LogP contribution is -2.40. The number of nitrogens with two attached hydrogens (primary N) is 1. The summed E-state index contributed by atoms with van der Waals surface area (Å²) in [4.78, 5) is 6.27. The van der Waals surface area contributed by atoms with Crippen LogP contribution in [-0.4, -0.2) is 44.0 Å². The molecule has 118 valence electrons. The zero-order valence-corrected chi connectivity index (χ0v) is 14.2. The summed E-state index contributed by atoms with van der Waals surface area (Å²) in [6.07, 6.45) is 3.84. The van der Waals surface area contributed by atoms with Crippen LogP contribution in [0.25, 0.3) is 0 Å². The van der Waals surface area contributed by atoms with E-state index in [9.17, 15) is 8.42 Å². The minimum absolute atomic E-state index is 0.0352.